The first-order chi connectivity index (χ1) is 10.7. The summed E-state index contributed by atoms with van der Waals surface area (Å²) in [5, 5.41) is 32.0. The molecule has 0 saturated heterocycles. The van der Waals surface area contributed by atoms with Gasteiger partial charge in [0, 0.05) is 12.1 Å². The van der Waals surface area contributed by atoms with Gasteiger partial charge in [0.05, 0.1) is 17.7 Å². The minimum Gasteiger partial charge on any atom is -0.444 e. The van der Waals surface area contributed by atoms with Crippen LogP contribution in [-0.4, -0.2) is 34.6 Å². The van der Waals surface area contributed by atoms with E-state index in [9.17, 15) is 15.0 Å². The van der Waals surface area contributed by atoms with Gasteiger partial charge in [-0.25, -0.2) is 4.79 Å². The molecule has 1 amide bonds. The Bertz CT molecular complexity index is 587. The molecule has 126 valence electrons. The third-order valence-electron chi connectivity index (χ3n) is 3.21. The predicted octanol–water partition coefficient (Wildman–Crippen LogP) is 2.18. The molecule has 0 heterocycles. The summed E-state index contributed by atoms with van der Waals surface area (Å²) in [6, 6.07) is 7.10. The number of ether oxygens (including phenoxy) is 1. The molecule has 0 bridgehead atoms. The Morgan fingerprint density at radius 3 is 2.61 bits per heavy atom. The number of rotatable bonds is 5. The van der Waals surface area contributed by atoms with Crippen molar-refractivity contribution < 1.29 is 19.7 Å². The van der Waals surface area contributed by atoms with E-state index < -0.39 is 23.9 Å². The molecule has 6 nitrogen and oxygen atoms in total. The Labute approximate surface area is 136 Å². The van der Waals surface area contributed by atoms with Crippen LogP contribution < -0.4 is 5.32 Å². The van der Waals surface area contributed by atoms with Crippen molar-refractivity contribution in [3.05, 3.63) is 34.9 Å². The third-order valence-corrected chi connectivity index (χ3v) is 3.21. The van der Waals surface area contributed by atoms with Crippen LogP contribution in [0.2, 0.25) is 0 Å². The zero-order valence-corrected chi connectivity index (χ0v) is 14.0. The van der Waals surface area contributed by atoms with Gasteiger partial charge in [-0.2, -0.15) is 5.26 Å². The summed E-state index contributed by atoms with van der Waals surface area (Å²) in [5.74, 6) is 0. The number of amides is 1. The fraction of sp³-hybridized carbons (Fsp3) is 0.529. The highest BCUT2D eigenvalue weighted by molar-refractivity contribution is 5.67. The highest BCUT2D eigenvalue weighted by Gasteiger charge is 2.23. The molecule has 23 heavy (non-hydrogen) atoms. The first-order valence-electron chi connectivity index (χ1n) is 7.48. The average molecular weight is 320 g/mol. The number of carbonyl (C=O) groups is 1. The number of nitrogens with zero attached hydrogens (tertiary/aromatic N) is 1. The lowest BCUT2D eigenvalue weighted by atomic mass is 9.93. The van der Waals surface area contributed by atoms with Gasteiger partial charge in [-0.3, -0.25) is 0 Å². The van der Waals surface area contributed by atoms with Crippen LogP contribution in [0.15, 0.2) is 18.2 Å². The number of aryl methyl sites for hydroxylation is 1. The van der Waals surface area contributed by atoms with Crippen molar-refractivity contribution in [2.45, 2.75) is 51.9 Å². The van der Waals surface area contributed by atoms with E-state index in [-0.39, 0.29) is 13.0 Å². The number of nitriles is 1. The molecule has 0 saturated carbocycles. The molecule has 1 aromatic rings. The molecule has 0 aliphatic rings. The summed E-state index contributed by atoms with van der Waals surface area (Å²) in [6.07, 6.45) is -2.73. The Hall–Kier alpha value is -2.10. The fourth-order valence-corrected chi connectivity index (χ4v) is 2.16. The minimum absolute atomic E-state index is 0.139. The monoisotopic (exact) mass is 320 g/mol. The van der Waals surface area contributed by atoms with Gasteiger partial charge in [0.1, 0.15) is 11.7 Å². The van der Waals surface area contributed by atoms with Crippen LogP contribution in [0.5, 0.6) is 0 Å². The van der Waals surface area contributed by atoms with Crippen molar-refractivity contribution >= 4 is 6.09 Å². The van der Waals surface area contributed by atoms with Crippen molar-refractivity contribution in [2.24, 2.45) is 0 Å². The molecule has 0 aromatic heterocycles. The van der Waals surface area contributed by atoms with Crippen LogP contribution in [0.1, 0.15) is 50.0 Å². The van der Waals surface area contributed by atoms with Gasteiger partial charge in [0.2, 0.25) is 0 Å². The summed E-state index contributed by atoms with van der Waals surface area (Å²) in [4.78, 5) is 11.5. The molecule has 1 aromatic carbocycles. The lowest BCUT2D eigenvalue weighted by molar-refractivity contribution is 0.0118. The number of hydrogen-bond donors (Lipinski definition) is 3. The van der Waals surface area contributed by atoms with Gasteiger partial charge in [-0.15, -0.1) is 0 Å². The van der Waals surface area contributed by atoms with E-state index in [2.05, 4.69) is 5.32 Å². The first-order valence-corrected chi connectivity index (χ1v) is 7.48. The maximum Gasteiger partial charge on any atom is 0.407 e. The van der Waals surface area contributed by atoms with Crippen molar-refractivity contribution in [3.63, 3.8) is 0 Å². The van der Waals surface area contributed by atoms with E-state index in [1.165, 1.54) is 0 Å². The van der Waals surface area contributed by atoms with Crippen molar-refractivity contribution in [1.82, 2.24) is 5.32 Å². The SMILES string of the molecule is Cc1cccc(C#N)c1C(O)C(O)CCNC(=O)OC(C)(C)C. The van der Waals surface area contributed by atoms with E-state index in [0.29, 0.717) is 11.1 Å². The predicted molar refractivity (Wildman–Crippen MR) is 85.7 cm³/mol. The summed E-state index contributed by atoms with van der Waals surface area (Å²) < 4.78 is 5.08. The molecule has 6 heteroatoms. The smallest absolute Gasteiger partial charge is 0.407 e. The van der Waals surface area contributed by atoms with Crippen LogP contribution in [0.4, 0.5) is 4.79 Å². The maximum atomic E-state index is 11.5. The number of hydrogen-bond acceptors (Lipinski definition) is 5. The molecular formula is C17H24N2O4. The van der Waals surface area contributed by atoms with E-state index in [4.69, 9.17) is 10.00 Å². The molecule has 0 fully saturated rings. The Kier molecular flexibility index (Phi) is 6.55. The second kappa shape index (κ2) is 7.95. The molecule has 3 N–H and O–H groups in total. The zero-order valence-electron chi connectivity index (χ0n) is 14.0. The Morgan fingerprint density at radius 2 is 2.04 bits per heavy atom. The van der Waals surface area contributed by atoms with Crippen molar-refractivity contribution in [1.29, 1.82) is 5.26 Å². The molecule has 2 atom stereocenters. The number of aliphatic hydroxyl groups is 2. The standard InChI is InChI=1S/C17H24N2O4/c1-11-6-5-7-12(10-18)14(11)15(21)13(20)8-9-19-16(22)23-17(2,3)4/h5-7,13,15,20-21H,8-9H2,1-4H3,(H,19,22). The zero-order chi connectivity index (χ0) is 17.6. The van der Waals surface area contributed by atoms with Crippen LogP contribution in [-0.2, 0) is 4.74 Å². The van der Waals surface area contributed by atoms with Crippen LogP contribution >= 0.6 is 0 Å². The number of nitrogens with one attached hydrogen (secondary N) is 1. The normalized spacial score (nSPS) is 13.8. The van der Waals surface area contributed by atoms with Crippen LogP contribution in [0.3, 0.4) is 0 Å². The van der Waals surface area contributed by atoms with Gasteiger partial charge in [-0.1, -0.05) is 12.1 Å². The largest absolute Gasteiger partial charge is 0.444 e. The topological polar surface area (TPSA) is 103 Å². The molecular weight excluding hydrogens is 296 g/mol. The number of aliphatic hydroxyl groups excluding tert-OH is 2. The van der Waals surface area contributed by atoms with E-state index in [1.54, 1.807) is 45.9 Å². The Balaban J connectivity index is 2.61. The summed E-state index contributed by atoms with van der Waals surface area (Å²) >= 11 is 0. The van der Waals surface area contributed by atoms with Crippen molar-refractivity contribution in [2.75, 3.05) is 6.54 Å². The highest BCUT2D eigenvalue weighted by atomic mass is 16.6. The van der Waals surface area contributed by atoms with Crippen LogP contribution in [0, 0.1) is 18.3 Å². The molecule has 1 rings (SSSR count). The minimum atomic E-state index is -1.19. The van der Waals surface area contributed by atoms with Gasteiger partial charge < -0.3 is 20.3 Å². The van der Waals surface area contributed by atoms with Gasteiger partial charge in [0.25, 0.3) is 0 Å². The highest BCUT2D eigenvalue weighted by Crippen LogP contribution is 2.25. The summed E-state index contributed by atoms with van der Waals surface area (Å²) in [5.41, 5.74) is 0.887. The summed E-state index contributed by atoms with van der Waals surface area (Å²) in [6.45, 7) is 7.19. The second-order valence-electron chi connectivity index (χ2n) is 6.38. The molecule has 0 spiro atoms. The number of alkyl carbamates (subject to hydrolysis) is 1. The van der Waals surface area contributed by atoms with E-state index >= 15 is 0 Å². The number of carbonyl (C=O) groups excluding carboxylic acids is 1. The molecule has 0 aliphatic carbocycles. The first kappa shape index (κ1) is 18.9. The van der Waals surface area contributed by atoms with Gasteiger partial charge in [-0.05, 0) is 45.7 Å². The summed E-state index contributed by atoms with van der Waals surface area (Å²) in [7, 11) is 0. The lowest BCUT2D eigenvalue weighted by Gasteiger charge is -2.22. The van der Waals surface area contributed by atoms with E-state index in [0.717, 1.165) is 5.56 Å². The van der Waals surface area contributed by atoms with Crippen LogP contribution in [0.25, 0.3) is 0 Å². The van der Waals surface area contributed by atoms with Gasteiger partial charge in [0.15, 0.2) is 0 Å². The lowest BCUT2D eigenvalue weighted by Crippen LogP contribution is -2.34. The quantitative estimate of drug-likeness (QED) is 0.771. The third kappa shape index (κ3) is 5.89. The maximum absolute atomic E-state index is 11.5. The molecule has 0 aliphatic heterocycles. The Morgan fingerprint density at radius 1 is 1.39 bits per heavy atom. The molecule has 2 unspecified atom stereocenters. The second-order valence-corrected chi connectivity index (χ2v) is 6.38. The number of benzene rings is 1. The van der Waals surface area contributed by atoms with Gasteiger partial charge >= 0.3 is 6.09 Å². The molecule has 0 radical (unpaired) electrons. The fourth-order valence-electron chi connectivity index (χ4n) is 2.16. The average Bonchev–Trinajstić information content (AvgIpc) is 2.44. The van der Waals surface area contributed by atoms with Crippen molar-refractivity contribution in [3.8, 4) is 6.07 Å². The van der Waals surface area contributed by atoms with E-state index in [1.807, 2.05) is 6.07 Å².